The monoisotopic (exact) mass is 454 g/mol. The number of aromatic nitrogens is 3. The van der Waals surface area contributed by atoms with Crippen molar-refractivity contribution in [3.05, 3.63) is 35.7 Å². The van der Waals surface area contributed by atoms with Crippen LogP contribution in [0.1, 0.15) is 16.2 Å². The molecule has 0 saturated carbocycles. The summed E-state index contributed by atoms with van der Waals surface area (Å²) in [5.41, 5.74) is 0.873. The zero-order valence-corrected chi connectivity index (χ0v) is 17.3. The van der Waals surface area contributed by atoms with Gasteiger partial charge in [-0.3, -0.25) is 14.8 Å². The molecule has 3 N–H and O–H groups in total. The van der Waals surface area contributed by atoms with Crippen molar-refractivity contribution in [1.82, 2.24) is 30.7 Å². The number of piperazine rings is 1. The largest absolute Gasteiger partial charge is 0.405 e. The highest BCUT2D eigenvalue weighted by atomic mass is 35.5. The first-order chi connectivity index (χ1) is 12.8. The number of aromatic amines is 1. The molecule has 7 nitrogen and oxygen atoms in total. The maximum Gasteiger partial charge on any atom is 0.405 e. The topological polar surface area (TPSA) is 85.9 Å². The molecule has 2 aromatic rings. The molecule has 0 spiro atoms. The van der Waals surface area contributed by atoms with Crippen molar-refractivity contribution in [3.63, 3.8) is 0 Å². The van der Waals surface area contributed by atoms with Crippen LogP contribution in [0.5, 0.6) is 0 Å². The quantitative estimate of drug-likeness (QED) is 0.644. The van der Waals surface area contributed by atoms with Crippen LogP contribution in [0.4, 0.5) is 13.2 Å². The fourth-order valence-electron chi connectivity index (χ4n) is 3.01. The van der Waals surface area contributed by atoms with Gasteiger partial charge in [0, 0.05) is 43.9 Å². The van der Waals surface area contributed by atoms with E-state index in [0.717, 1.165) is 0 Å². The Balaban J connectivity index is 0.00000210. The number of halogens is 5. The van der Waals surface area contributed by atoms with Crippen LogP contribution in [0.15, 0.2) is 24.3 Å². The molecule has 1 aromatic heterocycles. The first kappa shape index (κ1) is 25.2. The van der Waals surface area contributed by atoms with E-state index in [1.54, 1.807) is 31.2 Å². The Kier molecular flexibility index (Phi) is 9.34. The molecule has 29 heavy (non-hydrogen) atoms. The summed E-state index contributed by atoms with van der Waals surface area (Å²) in [6.07, 6.45) is -4.41. The van der Waals surface area contributed by atoms with Gasteiger partial charge in [0.25, 0.3) is 5.91 Å². The lowest BCUT2D eigenvalue weighted by molar-refractivity contribution is -0.183. The van der Waals surface area contributed by atoms with Crippen molar-refractivity contribution in [3.8, 4) is 11.4 Å². The second-order valence-electron chi connectivity index (χ2n) is 6.38. The molecule has 162 valence electrons. The zero-order chi connectivity index (χ0) is 19.4. The molecule has 1 fully saturated rings. The standard InChI is InChI=1S/C17H21F3N6O.2ClH/c1-11-23-15(25-24-11)12-3-2-4-13(9-12)16(27)22-10-14(17(18,19)20)26-7-5-21-6-8-26;;/h2-4,9,14,21H,5-8,10H2,1H3,(H,22,27)(H,23,24,25);2*1H. The molecular formula is C17H23Cl2F3N6O. The van der Waals surface area contributed by atoms with E-state index in [2.05, 4.69) is 25.8 Å². The molecule has 1 atom stereocenters. The van der Waals surface area contributed by atoms with E-state index in [4.69, 9.17) is 0 Å². The van der Waals surface area contributed by atoms with Gasteiger partial charge in [-0.05, 0) is 19.1 Å². The summed E-state index contributed by atoms with van der Waals surface area (Å²) in [5.74, 6) is 0.494. The number of carbonyl (C=O) groups is 1. The van der Waals surface area contributed by atoms with Gasteiger partial charge in [0.2, 0.25) is 0 Å². The minimum absolute atomic E-state index is 0. The minimum Gasteiger partial charge on any atom is -0.350 e. The summed E-state index contributed by atoms with van der Waals surface area (Å²) in [5, 5.41) is 12.2. The molecule has 1 amide bonds. The van der Waals surface area contributed by atoms with E-state index >= 15 is 0 Å². The van der Waals surface area contributed by atoms with Crippen LogP contribution >= 0.6 is 24.8 Å². The Labute approximate surface area is 178 Å². The fourth-order valence-corrected chi connectivity index (χ4v) is 3.01. The summed E-state index contributed by atoms with van der Waals surface area (Å²) >= 11 is 0. The highest BCUT2D eigenvalue weighted by Gasteiger charge is 2.43. The number of aryl methyl sites for hydroxylation is 1. The highest BCUT2D eigenvalue weighted by molar-refractivity contribution is 5.95. The smallest absolute Gasteiger partial charge is 0.350 e. The lowest BCUT2D eigenvalue weighted by Crippen LogP contribution is -2.57. The lowest BCUT2D eigenvalue weighted by Gasteiger charge is -2.35. The Morgan fingerprint density at radius 3 is 2.55 bits per heavy atom. The lowest BCUT2D eigenvalue weighted by atomic mass is 10.1. The van der Waals surface area contributed by atoms with Gasteiger partial charge >= 0.3 is 6.18 Å². The van der Waals surface area contributed by atoms with Crippen molar-refractivity contribution in [2.24, 2.45) is 0 Å². The maximum atomic E-state index is 13.4. The summed E-state index contributed by atoms with van der Waals surface area (Å²) in [4.78, 5) is 17.9. The van der Waals surface area contributed by atoms with Crippen LogP contribution in [0.25, 0.3) is 11.4 Å². The normalized spacial score (nSPS) is 15.7. The van der Waals surface area contributed by atoms with Gasteiger partial charge in [-0.25, -0.2) is 4.98 Å². The van der Waals surface area contributed by atoms with E-state index in [0.29, 0.717) is 43.4 Å². The molecule has 3 rings (SSSR count). The molecule has 1 saturated heterocycles. The predicted octanol–water partition coefficient (Wildman–Crippen LogP) is 2.19. The summed E-state index contributed by atoms with van der Waals surface area (Å²) < 4.78 is 40.2. The number of rotatable bonds is 5. The zero-order valence-electron chi connectivity index (χ0n) is 15.6. The number of nitrogens with zero attached hydrogens (tertiary/aromatic N) is 3. The maximum absolute atomic E-state index is 13.4. The van der Waals surface area contributed by atoms with Gasteiger partial charge in [-0.15, -0.1) is 24.8 Å². The van der Waals surface area contributed by atoms with E-state index in [1.165, 1.54) is 4.90 Å². The van der Waals surface area contributed by atoms with Gasteiger partial charge < -0.3 is 10.6 Å². The van der Waals surface area contributed by atoms with Gasteiger partial charge in [-0.2, -0.15) is 18.3 Å². The predicted molar refractivity (Wildman–Crippen MR) is 108 cm³/mol. The third-order valence-electron chi connectivity index (χ3n) is 4.41. The second kappa shape index (κ2) is 10.8. The second-order valence-corrected chi connectivity index (χ2v) is 6.38. The number of H-pyrrole nitrogens is 1. The molecule has 1 unspecified atom stereocenters. The van der Waals surface area contributed by atoms with Crippen molar-refractivity contribution in [2.75, 3.05) is 32.7 Å². The van der Waals surface area contributed by atoms with E-state index in [-0.39, 0.29) is 30.4 Å². The first-order valence-electron chi connectivity index (χ1n) is 8.64. The average molecular weight is 455 g/mol. The fraction of sp³-hybridized carbons (Fsp3) is 0.471. The molecule has 0 radical (unpaired) electrons. The van der Waals surface area contributed by atoms with Crippen LogP contribution in [0.3, 0.4) is 0 Å². The van der Waals surface area contributed by atoms with Gasteiger partial charge in [-0.1, -0.05) is 12.1 Å². The molecule has 12 heteroatoms. The van der Waals surface area contributed by atoms with Crippen molar-refractivity contribution in [2.45, 2.75) is 19.1 Å². The number of benzene rings is 1. The van der Waals surface area contributed by atoms with Crippen LogP contribution < -0.4 is 10.6 Å². The van der Waals surface area contributed by atoms with Gasteiger partial charge in [0.1, 0.15) is 11.9 Å². The average Bonchev–Trinajstić information content (AvgIpc) is 3.08. The Morgan fingerprint density at radius 1 is 1.28 bits per heavy atom. The van der Waals surface area contributed by atoms with E-state index < -0.39 is 24.7 Å². The Hall–Kier alpha value is -1.88. The van der Waals surface area contributed by atoms with Crippen molar-refractivity contribution < 1.29 is 18.0 Å². The molecule has 1 aliphatic heterocycles. The third kappa shape index (κ3) is 6.56. The summed E-state index contributed by atoms with van der Waals surface area (Å²) in [6.45, 7) is 2.84. The first-order valence-corrected chi connectivity index (χ1v) is 8.64. The van der Waals surface area contributed by atoms with Gasteiger partial charge in [0.15, 0.2) is 5.82 Å². The number of alkyl halides is 3. The SMILES string of the molecule is Cc1nc(-c2cccc(C(=O)NCC(N3CCNCC3)C(F)(F)F)c2)n[nH]1.Cl.Cl. The highest BCUT2D eigenvalue weighted by Crippen LogP contribution is 2.25. The van der Waals surface area contributed by atoms with Gasteiger partial charge in [0.05, 0.1) is 0 Å². The van der Waals surface area contributed by atoms with Crippen molar-refractivity contribution >= 4 is 30.7 Å². The minimum atomic E-state index is -4.41. The Morgan fingerprint density at radius 2 is 1.97 bits per heavy atom. The molecule has 1 aliphatic rings. The number of carbonyl (C=O) groups excluding carboxylic acids is 1. The van der Waals surface area contributed by atoms with Crippen LogP contribution in [0.2, 0.25) is 0 Å². The number of hydrogen-bond acceptors (Lipinski definition) is 5. The third-order valence-corrected chi connectivity index (χ3v) is 4.41. The summed E-state index contributed by atoms with van der Waals surface area (Å²) in [6, 6.07) is 4.78. The summed E-state index contributed by atoms with van der Waals surface area (Å²) in [7, 11) is 0. The molecule has 2 heterocycles. The Bertz CT molecular complexity index is 795. The molecule has 1 aromatic carbocycles. The van der Waals surface area contributed by atoms with E-state index in [1.807, 2.05) is 0 Å². The van der Waals surface area contributed by atoms with Crippen molar-refractivity contribution in [1.29, 1.82) is 0 Å². The number of nitrogens with one attached hydrogen (secondary N) is 3. The molecular weight excluding hydrogens is 432 g/mol. The van der Waals surface area contributed by atoms with Crippen LogP contribution in [-0.2, 0) is 0 Å². The van der Waals surface area contributed by atoms with E-state index in [9.17, 15) is 18.0 Å². The van der Waals surface area contributed by atoms with Crippen LogP contribution in [0, 0.1) is 6.92 Å². The van der Waals surface area contributed by atoms with Crippen LogP contribution in [-0.4, -0.2) is 70.9 Å². The number of hydrogen-bond donors (Lipinski definition) is 3. The number of amides is 1. The molecule has 0 aliphatic carbocycles. The molecule has 0 bridgehead atoms.